The maximum absolute atomic E-state index is 9.10. The maximum atomic E-state index is 9.10. The Hall–Kier alpha value is -3.43. The molecular formula is C22H19ClN6. The molecule has 4 rings (SSSR count). The number of aromatic nitrogens is 5. The third kappa shape index (κ3) is 3.53. The quantitative estimate of drug-likeness (QED) is 0.499. The van der Waals surface area contributed by atoms with Crippen LogP contribution in [0.3, 0.4) is 0 Å². The number of nitrogens with zero attached hydrogens (tertiary/aromatic N) is 6. The molecule has 0 unspecified atom stereocenters. The van der Waals surface area contributed by atoms with Gasteiger partial charge in [-0.1, -0.05) is 35.9 Å². The van der Waals surface area contributed by atoms with Gasteiger partial charge in [-0.2, -0.15) is 25.4 Å². The molecular weight excluding hydrogens is 384 g/mol. The smallest absolute Gasteiger partial charge is 0.108 e. The zero-order valence-electron chi connectivity index (χ0n) is 16.4. The van der Waals surface area contributed by atoms with Crippen molar-refractivity contribution in [2.45, 2.75) is 27.3 Å². The molecule has 0 radical (unpaired) electrons. The molecule has 0 fully saturated rings. The summed E-state index contributed by atoms with van der Waals surface area (Å²) in [6, 6.07) is 17.4. The number of hydrogen-bond donors (Lipinski definition) is 0. The average Bonchev–Trinajstić information content (AvgIpc) is 3.22. The summed E-state index contributed by atoms with van der Waals surface area (Å²) in [6.07, 6.45) is 0. The van der Waals surface area contributed by atoms with E-state index in [9.17, 15) is 0 Å². The maximum Gasteiger partial charge on any atom is 0.108 e. The predicted octanol–water partition coefficient (Wildman–Crippen LogP) is 4.63. The molecule has 4 aromatic rings. The summed E-state index contributed by atoms with van der Waals surface area (Å²) in [5.74, 6) is 0. The fraction of sp³-hybridized carbons (Fsp3) is 0.182. The molecule has 0 aliphatic heterocycles. The molecule has 0 atom stereocenters. The molecule has 0 spiro atoms. The predicted molar refractivity (Wildman–Crippen MR) is 112 cm³/mol. The second-order valence-corrected chi connectivity index (χ2v) is 7.27. The van der Waals surface area contributed by atoms with Gasteiger partial charge in [0.25, 0.3) is 0 Å². The molecule has 0 aliphatic rings. The van der Waals surface area contributed by atoms with Crippen LogP contribution in [0.25, 0.3) is 16.8 Å². The minimum atomic E-state index is 0.443. The van der Waals surface area contributed by atoms with Crippen LogP contribution in [-0.2, 0) is 6.54 Å². The van der Waals surface area contributed by atoms with E-state index in [0.29, 0.717) is 17.1 Å². The number of benzene rings is 2. The monoisotopic (exact) mass is 402 g/mol. The summed E-state index contributed by atoms with van der Waals surface area (Å²) in [7, 11) is 0. The van der Waals surface area contributed by atoms with E-state index in [1.54, 1.807) is 10.9 Å². The third-order valence-corrected chi connectivity index (χ3v) is 5.24. The topological polar surface area (TPSA) is 72.3 Å². The van der Waals surface area contributed by atoms with Crippen LogP contribution in [0.2, 0.25) is 5.02 Å². The number of para-hydroxylation sites is 1. The fourth-order valence-corrected chi connectivity index (χ4v) is 3.63. The van der Waals surface area contributed by atoms with Crippen LogP contribution in [0.1, 0.15) is 28.3 Å². The van der Waals surface area contributed by atoms with Gasteiger partial charge in [-0.05, 0) is 50.6 Å². The molecule has 2 aromatic carbocycles. The molecule has 7 heteroatoms. The Kier molecular flexibility index (Phi) is 4.91. The van der Waals surface area contributed by atoms with E-state index in [-0.39, 0.29) is 0 Å². The Bertz CT molecular complexity index is 1230. The molecule has 2 heterocycles. The Morgan fingerprint density at radius 2 is 1.72 bits per heavy atom. The largest absolute Gasteiger partial charge is 0.263 e. The summed E-state index contributed by atoms with van der Waals surface area (Å²) in [5.41, 5.74) is 6.99. The summed E-state index contributed by atoms with van der Waals surface area (Å²) < 4.78 is 1.93. The summed E-state index contributed by atoms with van der Waals surface area (Å²) >= 11 is 6.23. The lowest BCUT2D eigenvalue weighted by atomic mass is 10.0. The SMILES string of the molecule is Cc1nn(-c2ccccc2)nc1Cn1nc(C)c(-c2ccc(C#N)c(Cl)c2)c1C. The van der Waals surface area contributed by atoms with Crippen LogP contribution in [0.4, 0.5) is 0 Å². The molecule has 6 nitrogen and oxygen atoms in total. The van der Waals surface area contributed by atoms with Crippen molar-refractivity contribution in [1.29, 1.82) is 5.26 Å². The van der Waals surface area contributed by atoms with Crippen molar-refractivity contribution in [3.63, 3.8) is 0 Å². The highest BCUT2D eigenvalue weighted by molar-refractivity contribution is 6.32. The summed E-state index contributed by atoms with van der Waals surface area (Å²) in [6.45, 7) is 6.47. The molecule has 2 aromatic heterocycles. The molecule has 0 amide bonds. The number of nitriles is 1. The first kappa shape index (κ1) is 18.9. The normalized spacial score (nSPS) is 10.9. The van der Waals surface area contributed by atoms with E-state index in [2.05, 4.69) is 16.3 Å². The van der Waals surface area contributed by atoms with E-state index in [0.717, 1.165) is 39.6 Å². The molecule has 0 N–H and O–H groups in total. The Labute approximate surface area is 174 Å². The average molecular weight is 403 g/mol. The number of halogens is 1. The van der Waals surface area contributed by atoms with Crippen LogP contribution in [0.15, 0.2) is 48.5 Å². The highest BCUT2D eigenvalue weighted by Crippen LogP contribution is 2.30. The highest BCUT2D eigenvalue weighted by atomic mass is 35.5. The van der Waals surface area contributed by atoms with Crippen molar-refractivity contribution < 1.29 is 0 Å². The second kappa shape index (κ2) is 7.53. The first-order chi connectivity index (χ1) is 14.0. The van der Waals surface area contributed by atoms with Gasteiger partial charge in [0, 0.05) is 11.3 Å². The van der Waals surface area contributed by atoms with E-state index in [1.165, 1.54) is 0 Å². The minimum Gasteiger partial charge on any atom is -0.263 e. The standard InChI is InChI=1S/C22H19ClN6/c1-14-21(27-29(26-14)19-7-5-4-6-8-19)13-28-16(3)22(15(2)25-28)17-9-10-18(12-24)20(23)11-17/h4-11H,13H2,1-3H3. The summed E-state index contributed by atoms with van der Waals surface area (Å²) in [5, 5.41) is 23.4. The van der Waals surface area contributed by atoms with Crippen molar-refractivity contribution in [3.8, 4) is 22.9 Å². The van der Waals surface area contributed by atoms with Gasteiger partial charge in [0.05, 0.1) is 34.2 Å². The molecule has 29 heavy (non-hydrogen) atoms. The van der Waals surface area contributed by atoms with Gasteiger partial charge >= 0.3 is 0 Å². The van der Waals surface area contributed by atoms with Gasteiger partial charge in [0.2, 0.25) is 0 Å². The zero-order valence-corrected chi connectivity index (χ0v) is 17.1. The van der Waals surface area contributed by atoms with Gasteiger partial charge in [-0.3, -0.25) is 4.68 Å². The van der Waals surface area contributed by atoms with Crippen LogP contribution in [-0.4, -0.2) is 24.8 Å². The lowest BCUT2D eigenvalue weighted by Gasteiger charge is -2.06. The highest BCUT2D eigenvalue weighted by Gasteiger charge is 2.17. The second-order valence-electron chi connectivity index (χ2n) is 6.87. The number of rotatable bonds is 4. The van der Waals surface area contributed by atoms with Crippen LogP contribution < -0.4 is 0 Å². The molecule has 0 aliphatic carbocycles. The molecule has 0 saturated heterocycles. The van der Waals surface area contributed by atoms with Gasteiger partial charge in [-0.25, -0.2) is 0 Å². The number of hydrogen-bond acceptors (Lipinski definition) is 4. The van der Waals surface area contributed by atoms with Crippen molar-refractivity contribution >= 4 is 11.6 Å². The molecule has 0 bridgehead atoms. The first-order valence-electron chi connectivity index (χ1n) is 9.20. The van der Waals surface area contributed by atoms with E-state index >= 15 is 0 Å². The van der Waals surface area contributed by atoms with Gasteiger partial charge < -0.3 is 0 Å². The van der Waals surface area contributed by atoms with Crippen molar-refractivity contribution in [1.82, 2.24) is 24.8 Å². The van der Waals surface area contributed by atoms with E-state index < -0.39 is 0 Å². The van der Waals surface area contributed by atoms with Crippen molar-refractivity contribution in [3.05, 3.63) is 81.9 Å². The lowest BCUT2D eigenvalue weighted by molar-refractivity contribution is 0.635. The Balaban J connectivity index is 1.68. The summed E-state index contributed by atoms with van der Waals surface area (Å²) in [4.78, 5) is 1.65. The van der Waals surface area contributed by atoms with Crippen LogP contribution in [0, 0.1) is 32.1 Å². The van der Waals surface area contributed by atoms with Crippen LogP contribution in [0.5, 0.6) is 0 Å². The number of aryl methyl sites for hydroxylation is 2. The minimum absolute atomic E-state index is 0.443. The lowest BCUT2D eigenvalue weighted by Crippen LogP contribution is -2.06. The molecule has 144 valence electrons. The first-order valence-corrected chi connectivity index (χ1v) is 9.58. The van der Waals surface area contributed by atoms with Gasteiger partial charge in [-0.15, -0.1) is 0 Å². The van der Waals surface area contributed by atoms with E-state index in [4.69, 9.17) is 22.0 Å². The third-order valence-electron chi connectivity index (χ3n) is 4.92. The van der Waals surface area contributed by atoms with E-state index in [1.807, 2.05) is 67.9 Å². The Morgan fingerprint density at radius 1 is 0.966 bits per heavy atom. The van der Waals surface area contributed by atoms with Crippen molar-refractivity contribution in [2.75, 3.05) is 0 Å². The zero-order chi connectivity index (χ0) is 20.5. The van der Waals surface area contributed by atoms with Crippen LogP contribution >= 0.6 is 11.6 Å². The van der Waals surface area contributed by atoms with Crippen molar-refractivity contribution in [2.24, 2.45) is 0 Å². The molecule has 0 saturated carbocycles. The van der Waals surface area contributed by atoms with Gasteiger partial charge in [0.15, 0.2) is 0 Å². The van der Waals surface area contributed by atoms with Gasteiger partial charge in [0.1, 0.15) is 11.8 Å². The Morgan fingerprint density at radius 3 is 2.41 bits per heavy atom. The fourth-order valence-electron chi connectivity index (χ4n) is 3.40.